The van der Waals surface area contributed by atoms with E-state index in [1.165, 1.54) is 0 Å². The standard InChI is InChI=1S/C30H27ClN2O3/c1-16-10-22(15-25(31)27(16)32)30(21-11-17(2)28(34)18(3)12-21)24-9-8-20(14-26(24)33-29(30)35)19-6-5-7-23(13-19)36-4/h5-15,34H,32H2,1-4H3,(H,33,35). The van der Waals surface area contributed by atoms with E-state index in [1.807, 2.05) is 81.4 Å². The topological polar surface area (TPSA) is 84.6 Å². The monoisotopic (exact) mass is 498 g/mol. The summed E-state index contributed by atoms with van der Waals surface area (Å²) in [5.74, 6) is 0.783. The second kappa shape index (κ2) is 8.61. The molecular formula is C30H27ClN2O3. The lowest BCUT2D eigenvalue weighted by molar-refractivity contribution is -0.118. The zero-order chi connectivity index (χ0) is 25.8. The van der Waals surface area contributed by atoms with Crippen LogP contribution in [0.3, 0.4) is 0 Å². The van der Waals surface area contributed by atoms with Gasteiger partial charge in [-0.1, -0.05) is 54.1 Å². The van der Waals surface area contributed by atoms with Gasteiger partial charge in [0.1, 0.15) is 16.9 Å². The summed E-state index contributed by atoms with van der Waals surface area (Å²) in [6, 6.07) is 21.2. The number of aromatic hydroxyl groups is 1. The number of nitrogens with one attached hydrogen (secondary N) is 1. The number of phenolic OH excluding ortho intramolecular Hbond substituents is 1. The Hall–Kier alpha value is -3.96. The van der Waals surface area contributed by atoms with Gasteiger partial charge in [0.2, 0.25) is 5.91 Å². The van der Waals surface area contributed by atoms with Crippen LogP contribution in [0.2, 0.25) is 5.02 Å². The van der Waals surface area contributed by atoms with Crippen molar-refractivity contribution in [3.05, 3.63) is 105 Å². The molecule has 4 aromatic carbocycles. The van der Waals surface area contributed by atoms with Gasteiger partial charge < -0.3 is 20.9 Å². The summed E-state index contributed by atoms with van der Waals surface area (Å²) in [4.78, 5) is 14.0. The van der Waals surface area contributed by atoms with Gasteiger partial charge in [-0.25, -0.2) is 0 Å². The van der Waals surface area contributed by atoms with E-state index in [4.69, 9.17) is 22.1 Å². The third kappa shape index (κ3) is 3.50. The number of nitrogen functional groups attached to an aromatic ring is 1. The second-order valence-corrected chi connectivity index (χ2v) is 9.75. The van der Waals surface area contributed by atoms with Crippen molar-refractivity contribution in [1.29, 1.82) is 0 Å². The number of ether oxygens (including phenoxy) is 1. The van der Waals surface area contributed by atoms with E-state index in [-0.39, 0.29) is 11.7 Å². The number of amides is 1. The van der Waals surface area contributed by atoms with Gasteiger partial charge in [-0.3, -0.25) is 4.79 Å². The highest BCUT2D eigenvalue weighted by Crippen LogP contribution is 2.50. The van der Waals surface area contributed by atoms with Gasteiger partial charge in [-0.05, 0) is 84.0 Å². The molecule has 0 aliphatic carbocycles. The molecule has 182 valence electrons. The molecule has 1 aliphatic rings. The largest absolute Gasteiger partial charge is 0.507 e. The van der Waals surface area contributed by atoms with E-state index >= 15 is 0 Å². The highest BCUT2D eigenvalue weighted by molar-refractivity contribution is 6.33. The smallest absolute Gasteiger partial charge is 0.244 e. The minimum absolute atomic E-state index is 0.190. The van der Waals surface area contributed by atoms with Gasteiger partial charge in [0, 0.05) is 11.3 Å². The molecule has 0 saturated heterocycles. The fraction of sp³-hybridized carbons (Fsp3) is 0.167. The molecule has 6 heteroatoms. The average molecular weight is 499 g/mol. The van der Waals surface area contributed by atoms with Crippen LogP contribution in [-0.2, 0) is 10.2 Å². The molecule has 1 aliphatic heterocycles. The highest BCUT2D eigenvalue weighted by atomic mass is 35.5. The molecule has 4 N–H and O–H groups in total. The van der Waals surface area contributed by atoms with Gasteiger partial charge >= 0.3 is 0 Å². The first-order valence-electron chi connectivity index (χ1n) is 11.6. The lowest BCUT2D eigenvalue weighted by Crippen LogP contribution is -2.37. The second-order valence-electron chi connectivity index (χ2n) is 9.34. The summed E-state index contributed by atoms with van der Waals surface area (Å²) in [6.45, 7) is 5.55. The van der Waals surface area contributed by atoms with Gasteiger partial charge in [-0.15, -0.1) is 0 Å². The van der Waals surface area contributed by atoms with Crippen LogP contribution in [0.25, 0.3) is 11.1 Å². The summed E-state index contributed by atoms with van der Waals surface area (Å²) in [5.41, 5.74) is 12.6. The summed E-state index contributed by atoms with van der Waals surface area (Å²) in [7, 11) is 1.64. The number of carbonyl (C=O) groups excluding carboxylic acids is 1. The van der Waals surface area contributed by atoms with E-state index in [0.717, 1.165) is 33.6 Å². The minimum Gasteiger partial charge on any atom is -0.507 e. The highest BCUT2D eigenvalue weighted by Gasteiger charge is 2.50. The number of anilines is 2. The lowest BCUT2D eigenvalue weighted by atomic mass is 9.69. The maximum atomic E-state index is 14.0. The van der Waals surface area contributed by atoms with Gasteiger partial charge in [-0.2, -0.15) is 0 Å². The molecule has 1 unspecified atom stereocenters. The van der Waals surface area contributed by atoms with Crippen LogP contribution in [0.4, 0.5) is 11.4 Å². The maximum absolute atomic E-state index is 14.0. The Kier molecular flexibility index (Phi) is 5.68. The van der Waals surface area contributed by atoms with Gasteiger partial charge in [0.25, 0.3) is 0 Å². The molecule has 1 atom stereocenters. The van der Waals surface area contributed by atoms with Crippen molar-refractivity contribution in [3.63, 3.8) is 0 Å². The molecule has 0 aromatic heterocycles. The average Bonchev–Trinajstić information content (AvgIpc) is 3.16. The Morgan fingerprint density at radius 3 is 2.19 bits per heavy atom. The Labute approximate surface area is 215 Å². The summed E-state index contributed by atoms with van der Waals surface area (Å²) in [5, 5.41) is 14.0. The first kappa shape index (κ1) is 23.8. The molecule has 5 nitrogen and oxygen atoms in total. The summed E-state index contributed by atoms with van der Waals surface area (Å²) in [6.07, 6.45) is 0. The third-order valence-electron chi connectivity index (χ3n) is 7.11. The van der Waals surface area contributed by atoms with Crippen molar-refractivity contribution in [2.24, 2.45) is 0 Å². The van der Waals surface area contributed by atoms with Crippen LogP contribution in [0.15, 0.2) is 66.7 Å². The number of rotatable bonds is 4. The molecule has 0 radical (unpaired) electrons. The molecule has 5 rings (SSSR count). The van der Waals surface area contributed by atoms with Crippen LogP contribution in [0.1, 0.15) is 33.4 Å². The quantitative estimate of drug-likeness (QED) is 0.280. The van der Waals surface area contributed by atoms with Crippen molar-refractivity contribution < 1.29 is 14.6 Å². The van der Waals surface area contributed by atoms with E-state index < -0.39 is 5.41 Å². The van der Waals surface area contributed by atoms with Crippen LogP contribution in [0.5, 0.6) is 11.5 Å². The lowest BCUT2D eigenvalue weighted by Gasteiger charge is -2.31. The van der Waals surface area contributed by atoms with E-state index in [1.54, 1.807) is 13.2 Å². The van der Waals surface area contributed by atoms with Crippen LogP contribution in [0, 0.1) is 20.8 Å². The van der Waals surface area contributed by atoms with Crippen molar-refractivity contribution >= 4 is 28.9 Å². The van der Waals surface area contributed by atoms with Crippen molar-refractivity contribution in [2.45, 2.75) is 26.2 Å². The Morgan fingerprint density at radius 2 is 1.53 bits per heavy atom. The number of aryl methyl sites for hydroxylation is 3. The molecular weight excluding hydrogens is 472 g/mol. The first-order valence-corrected chi connectivity index (χ1v) is 12.0. The molecule has 0 bridgehead atoms. The predicted molar refractivity (Wildman–Crippen MR) is 145 cm³/mol. The zero-order valence-corrected chi connectivity index (χ0v) is 21.3. The SMILES string of the molecule is COc1cccc(-c2ccc3c(c2)NC(=O)C3(c2cc(C)c(O)c(C)c2)c2cc(C)c(N)c(Cl)c2)c1. The third-order valence-corrected chi connectivity index (χ3v) is 7.42. The number of benzene rings is 4. The molecule has 1 heterocycles. The molecule has 1 amide bonds. The Balaban J connectivity index is 1.80. The summed E-state index contributed by atoms with van der Waals surface area (Å²) < 4.78 is 5.39. The van der Waals surface area contributed by atoms with Gasteiger partial charge in [0.05, 0.1) is 17.8 Å². The number of hydrogen-bond donors (Lipinski definition) is 3. The van der Waals surface area contributed by atoms with Crippen molar-refractivity contribution in [1.82, 2.24) is 0 Å². The number of phenols is 1. The summed E-state index contributed by atoms with van der Waals surface area (Å²) >= 11 is 6.53. The fourth-order valence-corrected chi connectivity index (χ4v) is 5.45. The molecule has 0 saturated carbocycles. The van der Waals surface area contributed by atoms with Gasteiger partial charge in [0.15, 0.2) is 0 Å². The molecule has 0 spiro atoms. The van der Waals surface area contributed by atoms with Crippen molar-refractivity contribution in [3.8, 4) is 22.6 Å². The predicted octanol–water partition coefficient (Wildman–Crippen LogP) is 6.52. The molecule has 36 heavy (non-hydrogen) atoms. The number of halogens is 1. The number of fused-ring (bicyclic) bond motifs is 1. The maximum Gasteiger partial charge on any atom is 0.244 e. The first-order chi connectivity index (χ1) is 17.2. The Bertz CT molecular complexity index is 1440. The fourth-order valence-electron chi connectivity index (χ4n) is 5.18. The van der Waals surface area contributed by atoms with E-state index in [0.29, 0.717) is 33.1 Å². The molecule has 0 fully saturated rings. The Morgan fingerprint density at radius 1 is 0.889 bits per heavy atom. The number of methoxy groups -OCH3 is 1. The normalized spacial score (nSPS) is 16.5. The number of nitrogens with two attached hydrogens (primary N) is 1. The van der Waals surface area contributed by atoms with Crippen LogP contribution in [-0.4, -0.2) is 18.1 Å². The minimum atomic E-state index is -1.17. The number of hydrogen-bond acceptors (Lipinski definition) is 4. The van der Waals surface area contributed by atoms with E-state index in [9.17, 15) is 9.90 Å². The zero-order valence-electron chi connectivity index (χ0n) is 20.6. The van der Waals surface area contributed by atoms with E-state index in [2.05, 4.69) is 5.32 Å². The van der Waals surface area contributed by atoms with Crippen LogP contribution >= 0.6 is 11.6 Å². The van der Waals surface area contributed by atoms with Crippen LogP contribution < -0.4 is 15.8 Å². The molecule has 4 aromatic rings. The number of carbonyl (C=O) groups is 1. The van der Waals surface area contributed by atoms with Crippen molar-refractivity contribution in [2.75, 3.05) is 18.2 Å².